The minimum absolute atomic E-state index is 0.0433. The van der Waals surface area contributed by atoms with Gasteiger partial charge in [-0.25, -0.2) is 4.68 Å². The highest BCUT2D eigenvalue weighted by Crippen LogP contribution is 2.26. The SMILES string of the molecule is CCN(CC)C(=O)c1cn([C@H]2CCCN(Cc3cc(C)c(OC)cc3C)C2)nn1. The Kier molecular flexibility index (Phi) is 6.90. The number of amides is 1. The fraction of sp³-hybridized carbons (Fsp3) is 0.591. The van der Waals surface area contributed by atoms with Gasteiger partial charge < -0.3 is 9.64 Å². The Labute approximate surface area is 173 Å². The van der Waals surface area contributed by atoms with Gasteiger partial charge in [0.15, 0.2) is 5.69 Å². The number of likely N-dealkylation sites (tertiary alicyclic amines) is 1. The molecule has 1 aromatic carbocycles. The second-order valence-corrected chi connectivity index (χ2v) is 7.84. The highest BCUT2D eigenvalue weighted by atomic mass is 16.5. The Balaban J connectivity index is 1.69. The molecule has 0 spiro atoms. The first-order valence-corrected chi connectivity index (χ1v) is 10.5. The van der Waals surface area contributed by atoms with Crippen LogP contribution in [0.5, 0.6) is 5.75 Å². The van der Waals surface area contributed by atoms with Crippen molar-refractivity contribution in [3.05, 3.63) is 40.7 Å². The Morgan fingerprint density at radius 2 is 2.00 bits per heavy atom. The van der Waals surface area contributed by atoms with Crippen LogP contribution in [-0.2, 0) is 6.54 Å². The normalized spacial score (nSPS) is 17.3. The Hall–Kier alpha value is -2.41. The largest absolute Gasteiger partial charge is 0.496 e. The molecule has 29 heavy (non-hydrogen) atoms. The number of carbonyl (C=O) groups excluding carboxylic acids is 1. The summed E-state index contributed by atoms with van der Waals surface area (Å²) in [6.07, 6.45) is 3.98. The van der Waals surface area contributed by atoms with Gasteiger partial charge in [-0.05, 0) is 69.8 Å². The van der Waals surface area contributed by atoms with Gasteiger partial charge in [-0.2, -0.15) is 0 Å². The topological polar surface area (TPSA) is 63.5 Å². The third kappa shape index (κ3) is 4.78. The van der Waals surface area contributed by atoms with Crippen LogP contribution in [0.4, 0.5) is 0 Å². The molecule has 1 amide bonds. The lowest BCUT2D eigenvalue weighted by Gasteiger charge is -2.33. The molecule has 2 heterocycles. The minimum Gasteiger partial charge on any atom is -0.496 e. The van der Waals surface area contributed by atoms with Crippen molar-refractivity contribution in [1.82, 2.24) is 24.8 Å². The Morgan fingerprint density at radius 3 is 2.69 bits per heavy atom. The van der Waals surface area contributed by atoms with Crippen LogP contribution >= 0.6 is 0 Å². The predicted molar refractivity (Wildman–Crippen MR) is 113 cm³/mol. The van der Waals surface area contributed by atoms with Crippen molar-refractivity contribution in [3.8, 4) is 5.75 Å². The van der Waals surface area contributed by atoms with Gasteiger partial charge >= 0.3 is 0 Å². The average molecular weight is 400 g/mol. The lowest BCUT2D eigenvalue weighted by Crippen LogP contribution is -2.36. The first-order chi connectivity index (χ1) is 14.0. The van der Waals surface area contributed by atoms with Crippen molar-refractivity contribution in [2.45, 2.75) is 53.1 Å². The molecule has 3 rings (SSSR count). The molecule has 1 aromatic heterocycles. The summed E-state index contributed by atoms with van der Waals surface area (Å²) >= 11 is 0. The smallest absolute Gasteiger partial charge is 0.276 e. The Morgan fingerprint density at radius 1 is 1.24 bits per heavy atom. The molecule has 1 aliphatic rings. The van der Waals surface area contributed by atoms with Gasteiger partial charge in [0.1, 0.15) is 5.75 Å². The van der Waals surface area contributed by atoms with Crippen LogP contribution < -0.4 is 4.74 Å². The molecule has 7 nitrogen and oxygen atoms in total. The molecule has 0 bridgehead atoms. The predicted octanol–water partition coefficient (Wildman–Crippen LogP) is 3.22. The van der Waals surface area contributed by atoms with E-state index in [4.69, 9.17) is 4.74 Å². The third-order valence-corrected chi connectivity index (χ3v) is 5.88. The van der Waals surface area contributed by atoms with Gasteiger partial charge in [0.2, 0.25) is 0 Å². The molecule has 0 saturated carbocycles. The van der Waals surface area contributed by atoms with Crippen LogP contribution in [0, 0.1) is 13.8 Å². The van der Waals surface area contributed by atoms with Crippen molar-refractivity contribution >= 4 is 5.91 Å². The van der Waals surface area contributed by atoms with Crippen LogP contribution in [0.25, 0.3) is 0 Å². The molecule has 2 aromatic rings. The van der Waals surface area contributed by atoms with Crippen LogP contribution in [-0.4, -0.2) is 64.0 Å². The van der Waals surface area contributed by atoms with Gasteiger partial charge in [-0.1, -0.05) is 11.3 Å². The molecule has 1 saturated heterocycles. The molecule has 0 unspecified atom stereocenters. The van der Waals surface area contributed by atoms with Gasteiger partial charge in [0.05, 0.1) is 19.3 Å². The molecule has 0 aliphatic carbocycles. The second-order valence-electron chi connectivity index (χ2n) is 7.84. The molecular formula is C22H33N5O2. The number of benzene rings is 1. The lowest BCUT2D eigenvalue weighted by molar-refractivity contribution is 0.0767. The summed E-state index contributed by atoms with van der Waals surface area (Å²) in [6, 6.07) is 4.59. The number of ether oxygens (including phenoxy) is 1. The molecule has 0 radical (unpaired) electrons. The zero-order chi connectivity index (χ0) is 21.0. The fourth-order valence-corrected chi connectivity index (χ4v) is 4.10. The van der Waals surface area contributed by atoms with Crippen molar-refractivity contribution in [2.75, 3.05) is 33.3 Å². The molecule has 7 heteroatoms. The second kappa shape index (κ2) is 9.39. The summed E-state index contributed by atoms with van der Waals surface area (Å²) < 4.78 is 7.32. The minimum atomic E-state index is -0.0433. The van der Waals surface area contributed by atoms with E-state index >= 15 is 0 Å². The first-order valence-electron chi connectivity index (χ1n) is 10.5. The van der Waals surface area contributed by atoms with Crippen molar-refractivity contribution in [3.63, 3.8) is 0 Å². The van der Waals surface area contributed by atoms with Gasteiger partial charge in [-0.15, -0.1) is 5.10 Å². The third-order valence-electron chi connectivity index (χ3n) is 5.88. The van der Waals surface area contributed by atoms with Gasteiger partial charge in [0, 0.05) is 26.2 Å². The fourth-order valence-electron chi connectivity index (χ4n) is 4.10. The summed E-state index contributed by atoms with van der Waals surface area (Å²) in [5, 5.41) is 8.44. The molecule has 1 atom stereocenters. The number of carbonyl (C=O) groups is 1. The van der Waals surface area contributed by atoms with Crippen molar-refractivity contribution in [1.29, 1.82) is 0 Å². The number of hydrogen-bond acceptors (Lipinski definition) is 5. The van der Waals surface area contributed by atoms with E-state index in [1.807, 2.05) is 24.7 Å². The Bertz CT molecular complexity index is 844. The summed E-state index contributed by atoms with van der Waals surface area (Å²) in [6.45, 7) is 12.4. The van der Waals surface area contributed by atoms with E-state index in [-0.39, 0.29) is 11.9 Å². The van der Waals surface area contributed by atoms with Crippen LogP contribution in [0.3, 0.4) is 0 Å². The van der Waals surface area contributed by atoms with E-state index < -0.39 is 0 Å². The summed E-state index contributed by atoms with van der Waals surface area (Å²) in [5.41, 5.74) is 4.19. The van der Waals surface area contributed by atoms with E-state index in [0.717, 1.165) is 43.8 Å². The van der Waals surface area contributed by atoms with E-state index in [9.17, 15) is 4.79 Å². The maximum Gasteiger partial charge on any atom is 0.276 e. The summed E-state index contributed by atoms with van der Waals surface area (Å²) in [5.74, 6) is 0.897. The highest BCUT2D eigenvalue weighted by molar-refractivity contribution is 5.91. The first kappa shape index (κ1) is 21.3. The standard InChI is InChI=1S/C22H33N5O2/c1-6-26(7-2)22(28)20-15-27(24-23-20)19-9-8-10-25(14-19)13-18-11-17(4)21(29-5)12-16(18)3/h11-12,15,19H,6-10,13-14H2,1-5H3/t19-/m0/s1. The summed E-state index contributed by atoms with van der Waals surface area (Å²) in [4.78, 5) is 16.8. The maximum atomic E-state index is 12.5. The zero-order valence-electron chi connectivity index (χ0n) is 18.3. The van der Waals surface area contributed by atoms with E-state index in [0.29, 0.717) is 18.8 Å². The van der Waals surface area contributed by atoms with Gasteiger partial charge in [0.25, 0.3) is 5.91 Å². The molecular weight excluding hydrogens is 366 g/mol. The van der Waals surface area contributed by atoms with Crippen LogP contribution in [0.15, 0.2) is 18.3 Å². The quantitative estimate of drug-likeness (QED) is 0.715. The van der Waals surface area contributed by atoms with E-state index in [2.05, 4.69) is 41.2 Å². The molecule has 1 fully saturated rings. The number of nitrogens with zero attached hydrogens (tertiary/aromatic N) is 5. The monoisotopic (exact) mass is 399 g/mol. The number of aryl methyl sites for hydroxylation is 2. The highest BCUT2D eigenvalue weighted by Gasteiger charge is 2.25. The van der Waals surface area contributed by atoms with Crippen molar-refractivity contribution in [2.24, 2.45) is 0 Å². The average Bonchev–Trinajstić information content (AvgIpc) is 3.22. The maximum absolute atomic E-state index is 12.5. The number of aromatic nitrogens is 3. The number of methoxy groups -OCH3 is 1. The van der Waals surface area contributed by atoms with Crippen LogP contribution in [0.2, 0.25) is 0 Å². The summed E-state index contributed by atoms with van der Waals surface area (Å²) in [7, 11) is 1.72. The van der Waals surface area contributed by atoms with E-state index in [1.54, 1.807) is 12.0 Å². The zero-order valence-corrected chi connectivity index (χ0v) is 18.3. The molecule has 158 valence electrons. The van der Waals surface area contributed by atoms with Crippen LogP contribution in [0.1, 0.15) is 59.9 Å². The number of rotatable bonds is 7. The molecule has 1 aliphatic heterocycles. The molecule has 0 N–H and O–H groups in total. The van der Waals surface area contributed by atoms with Gasteiger partial charge in [-0.3, -0.25) is 9.69 Å². The number of hydrogen-bond donors (Lipinski definition) is 0. The van der Waals surface area contributed by atoms with E-state index in [1.165, 1.54) is 11.1 Å². The number of piperidine rings is 1. The van der Waals surface area contributed by atoms with Crippen molar-refractivity contribution < 1.29 is 9.53 Å². The lowest BCUT2D eigenvalue weighted by atomic mass is 10.0.